The van der Waals surface area contributed by atoms with E-state index < -0.39 is 228 Å². The molecule has 28 N–H and O–H groups in total. The first-order chi connectivity index (χ1) is 64.5. The summed E-state index contributed by atoms with van der Waals surface area (Å²) in [6.45, 7) is 19.1. The maximum Gasteiger partial charge on any atom is 0.305 e. The molecule has 0 spiro atoms. The predicted molar refractivity (Wildman–Crippen MR) is 522 cm³/mol. The summed E-state index contributed by atoms with van der Waals surface area (Å²) in [5, 5.41) is 57.4. The zero-order valence-electron chi connectivity index (χ0n) is 82.9. The van der Waals surface area contributed by atoms with Crippen molar-refractivity contribution in [2.75, 3.05) is 69.5 Å². The third-order valence-corrected chi connectivity index (χ3v) is 24.8. The molecule has 1 aliphatic rings. The lowest BCUT2D eigenvalue weighted by Gasteiger charge is -2.33. The number of hydrogen-bond donors (Lipinski definition) is 22. The molecule has 0 radical (unpaired) electrons. The number of hydrogen-bond acceptors (Lipinski definition) is 27. The Morgan fingerprint density at radius 1 is 0.404 bits per heavy atom. The first-order valence-corrected chi connectivity index (χ1v) is 51.5. The molecule has 0 unspecified atom stereocenters. The van der Waals surface area contributed by atoms with E-state index in [9.17, 15) is 96.5 Å². The molecule has 1 saturated heterocycles. The van der Waals surface area contributed by atoms with Crippen LogP contribution in [0, 0.1) is 23.7 Å². The van der Waals surface area contributed by atoms with Gasteiger partial charge in [0, 0.05) is 31.4 Å². The smallest absolute Gasteiger partial charge is 0.305 e. The Kier molecular flexibility index (Phi) is 65.6. The van der Waals surface area contributed by atoms with Crippen molar-refractivity contribution >= 4 is 130 Å². The van der Waals surface area contributed by atoms with Crippen LogP contribution >= 0.6 is 23.5 Å². The molecule has 1 aliphatic heterocycles. The molecule has 0 aromatic heterocycles. The molecule has 16 atom stereocenters. The number of amides is 17. The van der Waals surface area contributed by atoms with Gasteiger partial charge in [0.05, 0.1) is 19.1 Å². The summed E-state index contributed by atoms with van der Waals surface area (Å²) in [4.78, 5) is 251. The third-order valence-electron chi connectivity index (χ3n) is 23.1. The number of primary amides is 2. The molecule has 0 aliphatic carbocycles. The number of nitrogens with one attached hydrogen (secondary N) is 14. The van der Waals surface area contributed by atoms with Gasteiger partial charge < -0.3 is 129 Å². The molecule has 17 amide bonds. The number of aliphatic hydroxyl groups is 2. The number of rotatable bonds is 76. The molecule has 0 aromatic carbocycles. The number of esters is 1. The monoisotopic (exact) mass is 1970 g/mol. The Labute approximate surface area is 812 Å². The van der Waals surface area contributed by atoms with Gasteiger partial charge >= 0.3 is 5.97 Å². The highest BCUT2D eigenvalue weighted by atomic mass is 32.2. The van der Waals surface area contributed by atoms with E-state index in [4.69, 9.17) is 39.1 Å². The van der Waals surface area contributed by atoms with Crippen LogP contribution in [-0.4, -0.2) is 288 Å². The highest BCUT2D eigenvalue weighted by molar-refractivity contribution is 7.99. The molecule has 1 heterocycles. The second-order valence-electron chi connectivity index (χ2n) is 36.7. The summed E-state index contributed by atoms with van der Waals surface area (Å²) in [6.07, 6.45) is 17.6. The van der Waals surface area contributed by atoms with Gasteiger partial charge in [-0.3, -0.25) is 86.3 Å². The molecular formula is C92H169N21O21S2. The lowest BCUT2D eigenvalue weighted by molar-refractivity contribution is -0.143. The topological polar surface area (TPSA) is 685 Å². The van der Waals surface area contributed by atoms with Crippen molar-refractivity contribution in [1.82, 2.24) is 79.3 Å². The molecule has 1 fully saturated rings. The fraction of sp³-hybridized carbons (Fsp3) is 0.804. The molecule has 0 saturated carbocycles. The van der Waals surface area contributed by atoms with Crippen molar-refractivity contribution in [3.05, 3.63) is 0 Å². The van der Waals surface area contributed by atoms with Gasteiger partial charge in [-0.1, -0.05) is 139 Å². The van der Waals surface area contributed by atoms with E-state index in [1.807, 2.05) is 0 Å². The average molecular weight is 1970 g/mol. The van der Waals surface area contributed by atoms with Gasteiger partial charge in [-0.15, -0.1) is 0 Å². The van der Waals surface area contributed by atoms with Gasteiger partial charge in [0.15, 0.2) is 0 Å². The van der Waals surface area contributed by atoms with Gasteiger partial charge in [0.2, 0.25) is 100 Å². The van der Waals surface area contributed by atoms with Gasteiger partial charge in [-0.25, -0.2) is 0 Å². The number of nitrogens with zero attached hydrogens (tertiary/aromatic N) is 1. The molecule has 0 aromatic rings. The van der Waals surface area contributed by atoms with Crippen LogP contribution in [0.3, 0.4) is 0 Å². The van der Waals surface area contributed by atoms with Crippen LogP contribution in [0.2, 0.25) is 0 Å². The first kappa shape index (κ1) is 125. The number of aliphatic hydroxyl groups excluding tert-OH is 2. The maximum atomic E-state index is 14.9. The molecule has 44 heteroatoms. The van der Waals surface area contributed by atoms with E-state index in [0.717, 1.165) is 19.3 Å². The van der Waals surface area contributed by atoms with Crippen molar-refractivity contribution < 1.29 is 101 Å². The Hall–Kier alpha value is -9.08. The minimum atomic E-state index is -1.80. The summed E-state index contributed by atoms with van der Waals surface area (Å²) >= 11 is 2.56. The van der Waals surface area contributed by atoms with Crippen LogP contribution in [-0.2, 0) is 91.0 Å². The Morgan fingerprint density at radius 2 is 0.787 bits per heavy atom. The second-order valence-corrected chi connectivity index (χ2v) is 38.8. The van der Waals surface area contributed by atoms with Crippen LogP contribution in [0.25, 0.3) is 0 Å². The highest BCUT2D eigenvalue weighted by Crippen LogP contribution is 2.24. The van der Waals surface area contributed by atoms with Crippen LogP contribution in [0.1, 0.15) is 282 Å². The van der Waals surface area contributed by atoms with Crippen molar-refractivity contribution in [2.24, 2.45) is 58.1 Å². The number of carbonyl (C=O) groups is 18. The lowest BCUT2D eigenvalue weighted by Crippen LogP contribution is -2.62. The highest BCUT2D eigenvalue weighted by Gasteiger charge is 2.43. The molecule has 0 bridgehead atoms. The zero-order valence-corrected chi connectivity index (χ0v) is 84.6. The summed E-state index contributed by atoms with van der Waals surface area (Å²) in [5.41, 5.74) is 34.7. The number of nitrogens with two attached hydrogens (primary N) is 6. The van der Waals surface area contributed by atoms with E-state index in [-0.39, 0.29) is 140 Å². The van der Waals surface area contributed by atoms with Crippen molar-refractivity contribution in [1.29, 1.82) is 0 Å². The summed E-state index contributed by atoms with van der Waals surface area (Å²) < 4.78 is 5.43. The summed E-state index contributed by atoms with van der Waals surface area (Å²) in [7, 11) is 0. The largest absolute Gasteiger partial charge is 0.465 e. The zero-order chi connectivity index (χ0) is 103. The Bertz CT molecular complexity index is 3690. The minimum absolute atomic E-state index is 0.0132. The Balaban J connectivity index is 3.50. The SMILES string of the molecule is CCCCCCCCCCCCCCCC(=O)OCCSC[C@H](NC(C)=O)C(=O)N[C@@H](CO)C(=O)N[C@@H](CCCCN)C(=O)N[C@@H](CCCCN)C(=O)N[C@@H](CCCCN)C(=O)N[C@@H](CCCCN)C(=O)N[C@@H](CC(N)=O)C(=O)N[C@@H](CC(C)C)C(=O)N[C@H](C(=O)N1CCC[C@H]1C(=O)N[C@@H](CCSC)C(=O)N[C@H](C(=O)N[C@@H](C)C(=O)N[C@H](C(=O)N[C@H](C(N)=O)C(C)C)[C@@H](C)O)C(C)C)C(C)C. The number of ether oxygens (including phenoxy) is 1. The number of thioether (sulfide) groups is 2. The van der Waals surface area contributed by atoms with Crippen LogP contribution in [0.15, 0.2) is 0 Å². The average Bonchev–Trinajstić information content (AvgIpc) is 1.65. The van der Waals surface area contributed by atoms with Gasteiger partial charge in [0.25, 0.3) is 0 Å². The fourth-order valence-electron chi connectivity index (χ4n) is 15.1. The van der Waals surface area contributed by atoms with Crippen LogP contribution in [0.5, 0.6) is 0 Å². The van der Waals surface area contributed by atoms with Crippen molar-refractivity contribution in [3.63, 3.8) is 0 Å². The quantitative estimate of drug-likeness (QED) is 0.0272. The van der Waals surface area contributed by atoms with Crippen molar-refractivity contribution in [2.45, 2.75) is 379 Å². The molecule has 1 rings (SSSR count). The number of unbranched alkanes of at least 4 members (excludes halogenated alkanes) is 16. The molecular weight excluding hydrogens is 1800 g/mol. The van der Waals surface area contributed by atoms with E-state index in [1.165, 1.54) is 107 Å². The van der Waals surface area contributed by atoms with E-state index in [1.54, 1.807) is 61.6 Å². The van der Waals surface area contributed by atoms with Gasteiger partial charge in [-0.2, -0.15) is 23.5 Å². The minimum Gasteiger partial charge on any atom is -0.465 e. The maximum absolute atomic E-state index is 14.9. The van der Waals surface area contributed by atoms with Gasteiger partial charge in [-0.05, 0) is 185 Å². The normalized spacial score (nSPS) is 15.8. The summed E-state index contributed by atoms with van der Waals surface area (Å²) in [6, 6.07) is -21.0. The second kappa shape index (κ2) is 71.4. The molecule has 780 valence electrons. The number of carbonyl (C=O) groups excluding carboxylic acids is 18. The third kappa shape index (κ3) is 51.0. The number of likely N-dealkylation sites (tertiary alicyclic amines) is 1. The van der Waals surface area contributed by atoms with Crippen molar-refractivity contribution in [3.8, 4) is 0 Å². The van der Waals surface area contributed by atoms with E-state index >= 15 is 0 Å². The van der Waals surface area contributed by atoms with Crippen LogP contribution < -0.4 is 109 Å². The Morgan fingerprint density at radius 3 is 1.21 bits per heavy atom. The lowest BCUT2D eigenvalue weighted by atomic mass is 9.98. The first-order valence-electron chi connectivity index (χ1n) is 48.9. The van der Waals surface area contributed by atoms with E-state index in [0.29, 0.717) is 44.3 Å². The molecule has 136 heavy (non-hydrogen) atoms. The van der Waals surface area contributed by atoms with Crippen LogP contribution in [0.4, 0.5) is 0 Å². The van der Waals surface area contributed by atoms with Gasteiger partial charge in [0.1, 0.15) is 97.2 Å². The standard InChI is InChI=1S/C92H169N21O21S2/c1-14-15-16-17-18-19-20-21-22-23-24-25-26-41-73(118)134-48-50-136-54-70(100-61(12)116)88(129)108-69(53-114)87(128)104-64(38-29-33-45-95)82(123)102-62(36-27-31-43-93)80(121)101-63(37-28-32-44-94)81(122)103-65(39-30-34-46-96)83(124)107-68(52-72(97)117)85(126)106-67(51-55(2)3)86(127)111-76(58(8)9)92(133)113-47-35-40-71(113)89(130)105-66(42-49-135-13)84(125)110-75(57(6)7)90(131)99-59(10)79(120)112-77(60(11)115)91(132)109-74(56(4)5)78(98)119/h55-60,62-71,74-77,114-115H,14-54,93-96H2,1-13H3,(H2,97,117)(H2,98,119)(H,99,131)(H,100,116)(H,101,121)(H,102,123)(H,103,122)(H,104,128)(H,105,130)(H,106,126)(H,107,124)(H,108,129)(H,109,132)(H,110,125)(H,111,127)(H,112,120)/t59-,60+,62-,63-,64-,65-,66-,67-,68-,69-,70-,71-,74-,75-,76-,77-/m0/s1. The molecule has 42 nitrogen and oxygen atoms in total. The van der Waals surface area contributed by atoms with E-state index in [2.05, 4.69) is 81.4 Å². The predicted octanol–water partition coefficient (Wildman–Crippen LogP) is -0.421. The fourth-order valence-corrected chi connectivity index (χ4v) is 16.4. The summed E-state index contributed by atoms with van der Waals surface area (Å²) in [5.74, 6) is -16.5.